The fraction of sp³-hybridized carbons (Fsp3) is 0.250. The highest BCUT2D eigenvalue weighted by Crippen LogP contribution is 2.23. The average molecular weight is 478 g/mol. The van der Waals surface area contributed by atoms with Crippen LogP contribution in [0, 0.1) is 10.6 Å². The molecular weight excluding hydrogens is 453 g/mol. The molecule has 174 valence electrons. The van der Waals surface area contributed by atoms with Crippen molar-refractivity contribution in [3.8, 4) is 23.0 Å². The molecule has 0 spiro atoms. The highest BCUT2D eigenvalue weighted by Gasteiger charge is 2.22. The molecule has 0 atom stereocenters. The number of ether oxygens (including phenoxy) is 1. The molecule has 0 radical (unpaired) electrons. The number of hydrogen-bond acceptors (Lipinski definition) is 7. The van der Waals surface area contributed by atoms with E-state index in [1.165, 1.54) is 12.1 Å². The molecule has 2 aromatic heterocycles. The Kier molecular flexibility index (Phi) is 6.33. The minimum absolute atomic E-state index is 0.290. The molecule has 10 heteroatoms. The van der Waals surface area contributed by atoms with Gasteiger partial charge in [-0.05, 0) is 36.5 Å². The maximum atomic E-state index is 13.6. The van der Waals surface area contributed by atoms with Gasteiger partial charge in [-0.25, -0.2) is 14.1 Å². The molecule has 4 aromatic rings. The van der Waals surface area contributed by atoms with Gasteiger partial charge in [0.25, 0.3) is 0 Å². The van der Waals surface area contributed by atoms with Crippen LogP contribution >= 0.6 is 12.2 Å². The standard InChI is InChI=1S/C24H24FN7OS/c1-33-21-11-12-26-23(27-21)30-15-13-29(14-16-30)17-31-24(34)32(20-9-7-19(25)8-10-20)22(28-31)18-5-3-2-4-6-18/h2-12H,13-17H2,1H3. The van der Waals surface area contributed by atoms with E-state index in [4.69, 9.17) is 22.1 Å². The van der Waals surface area contributed by atoms with Crippen molar-refractivity contribution in [1.82, 2.24) is 29.2 Å². The van der Waals surface area contributed by atoms with Crippen LogP contribution in [0.15, 0.2) is 66.9 Å². The smallest absolute Gasteiger partial charge is 0.228 e. The normalized spacial score (nSPS) is 14.4. The fourth-order valence-corrected chi connectivity index (χ4v) is 4.26. The Morgan fingerprint density at radius 2 is 1.71 bits per heavy atom. The van der Waals surface area contributed by atoms with Crippen LogP contribution < -0.4 is 9.64 Å². The summed E-state index contributed by atoms with van der Waals surface area (Å²) in [4.78, 5) is 13.2. The van der Waals surface area contributed by atoms with Gasteiger partial charge in [0.15, 0.2) is 5.82 Å². The van der Waals surface area contributed by atoms with E-state index in [-0.39, 0.29) is 5.82 Å². The number of halogens is 1. The second-order valence-corrected chi connectivity index (χ2v) is 8.29. The van der Waals surface area contributed by atoms with Crippen LogP contribution in [0.25, 0.3) is 17.1 Å². The van der Waals surface area contributed by atoms with E-state index in [2.05, 4.69) is 19.8 Å². The van der Waals surface area contributed by atoms with E-state index >= 15 is 0 Å². The van der Waals surface area contributed by atoms with E-state index in [1.54, 1.807) is 31.5 Å². The Labute approximate surface area is 201 Å². The summed E-state index contributed by atoms with van der Waals surface area (Å²) in [6.07, 6.45) is 1.71. The van der Waals surface area contributed by atoms with Crippen LogP contribution in [-0.4, -0.2) is 62.5 Å². The van der Waals surface area contributed by atoms with Crippen molar-refractivity contribution < 1.29 is 9.13 Å². The molecule has 2 aromatic carbocycles. The summed E-state index contributed by atoms with van der Waals surface area (Å²) in [5, 5.41) is 4.86. The van der Waals surface area contributed by atoms with Gasteiger partial charge in [0.1, 0.15) is 5.82 Å². The summed E-state index contributed by atoms with van der Waals surface area (Å²) in [7, 11) is 1.60. The lowest BCUT2D eigenvalue weighted by molar-refractivity contribution is 0.193. The first kappa shape index (κ1) is 22.2. The van der Waals surface area contributed by atoms with Gasteiger partial charge >= 0.3 is 0 Å². The lowest BCUT2D eigenvalue weighted by atomic mass is 10.2. The highest BCUT2D eigenvalue weighted by atomic mass is 32.1. The summed E-state index contributed by atoms with van der Waals surface area (Å²) < 4.78 is 23.1. The van der Waals surface area contributed by atoms with Crippen LogP contribution in [0.3, 0.4) is 0 Å². The van der Waals surface area contributed by atoms with E-state index in [0.717, 1.165) is 43.3 Å². The van der Waals surface area contributed by atoms with Crippen molar-refractivity contribution >= 4 is 18.2 Å². The third-order valence-corrected chi connectivity index (χ3v) is 6.17. The minimum atomic E-state index is -0.290. The van der Waals surface area contributed by atoms with Crippen molar-refractivity contribution in [3.63, 3.8) is 0 Å². The van der Waals surface area contributed by atoms with Crippen molar-refractivity contribution in [3.05, 3.63) is 77.4 Å². The molecule has 0 bridgehead atoms. The lowest BCUT2D eigenvalue weighted by Gasteiger charge is -2.34. The number of aromatic nitrogens is 5. The monoisotopic (exact) mass is 477 g/mol. The Morgan fingerprint density at radius 3 is 2.41 bits per heavy atom. The predicted molar refractivity (Wildman–Crippen MR) is 130 cm³/mol. The number of rotatable bonds is 6. The lowest BCUT2D eigenvalue weighted by Crippen LogP contribution is -2.47. The molecule has 8 nitrogen and oxygen atoms in total. The van der Waals surface area contributed by atoms with Gasteiger partial charge in [-0.15, -0.1) is 5.10 Å². The van der Waals surface area contributed by atoms with Gasteiger partial charge in [-0.2, -0.15) is 4.98 Å². The molecule has 34 heavy (non-hydrogen) atoms. The van der Waals surface area contributed by atoms with E-state index < -0.39 is 0 Å². The van der Waals surface area contributed by atoms with Crippen molar-refractivity contribution in [2.24, 2.45) is 0 Å². The molecule has 1 aliphatic rings. The molecule has 1 saturated heterocycles. The van der Waals surface area contributed by atoms with Gasteiger partial charge in [-0.1, -0.05) is 30.3 Å². The zero-order valence-electron chi connectivity index (χ0n) is 18.7. The van der Waals surface area contributed by atoms with E-state index in [1.807, 2.05) is 39.6 Å². The first-order chi connectivity index (χ1) is 16.6. The number of hydrogen-bond donors (Lipinski definition) is 0. The third kappa shape index (κ3) is 4.55. The van der Waals surface area contributed by atoms with Gasteiger partial charge < -0.3 is 9.64 Å². The first-order valence-electron chi connectivity index (χ1n) is 11.0. The fourth-order valence-electron chi connectivity index (χ4n) is 3.97. The van der Waals surface area contributed by atoms with Crippen LogP contribution in [-0.2, 0) is 6.67 Å². The van der Waals surface area contributed by atoms with E-state index in [9.17, 15) is 4.39 Å². The number of methoxy groups -OCH3 is 1. The van der Waals surface area contributed by atoms with E-state index in [0.29, 0.717) is 23.3 Å². The molecule has 1 aliphatic heterocycles. The zero-order valence-corrected chi connectivity index (χ0v) is 19.5. The van der Waals surface area contributed by atoms with Crippen molar-refractivity contribution in [2.45, 2.75) is 6.67 Å². The Morgan fingerprint density at radius 1 is 0.971 bits per heavy atom. The second kappa shape index (κ2) is 9.70. The maximum Gasteiger partial charge on any atom is 0.228 e. The molecule has 0 unspecified atom stereocenters. The second-order valence-electron chi connectivity index (χ2n) is 7.93. The maximum absolute atomic E-state index is 13.6. The summed E-state index contributed by atoms with van der Waals surface area (Å²) in [5.41, 5.74) is 1.72. The number of benzene rings is 2. The molecule has 0 saturated carbocycles. The number of piperazine rings is 1. The van der Waals surface area contributed by atoms with Gasteiger partial charge in [0, 0.05) is 44.0 Å². The average Bonchev–Trinajstić information content (AvgIpc) is 3.21. The van der Waals surface area contributed by atoms with Gasteiger partial charge in [0.05, 0.1) is 19.5 Å². The Bertz CT molecular complexity index is 1320. The summed E-state index contributed by atoms with van der Waals surface area (Å²) in [6, 6.07) is 17.9. The van der Waals surface area contributed by atoms with Crippen LogP contribution in [0.4, 0.5) is 10.3 Å². The first-order valence-corrected chi connectivity index (χ1v) is 11.4. The highest BCUT2D eigenvalue weighted by molar-refractivity contribution is 7.71. The molecule has 0 amide bonds. The van der Waals surface area contributed by atoms with Gasteiger partial charge in [0.2, 0.25) is 16.6 Å². The van der Waals surface area contributed by atoms with Crippen molar-refractivity contribution in [1.29, 1.82) is 0 Å². The number of anilines is 1. The summed E-state index contributed by atoms with van der Waals surface area (Å²) >= 11 is 5.82. The Hall–Kier alpha value is -3.63. The van der Waals surface area contributed by atoms with Crippen LogP contribution in [0.1, 0.15) is 0 Å². The Balaban J connectivity index is 1.38. The molecule has 5 rings (SSSR count). The largest absolute Gasteiger partial charge is 0.481 e. The summed E-state index contributed by atoms with van der Waals surface area (Å²) in [6.45, 7) is 3.74. The molecular formula is C24H24FN7OS. The van der Waals surface area contributed by atoms with Crippen molar-refractivity contribution in [2.75, 3.05) is 38.2 Å². The topological polar surface area (TPSA) is 64.2 Å². The molecule has 0 aliphatic carbocycles. The van der Waals surface area contributed by atoms with Gasteiger partial charge in [-0.3, -0.25) is 9.47 Å². The zero-order chi connectivity index (χ0) is 23.5. The quantitative estimate of drug-likeness (QED) is 0.392. The third-order valence-electron chi connectivity index (χ3n) is 5.77. The molecule has 0 N–H and O–H groups in total. The summed E-state index contributed by atoms with van der Waals surface area (Å²) in [5.74, 6) is 1.66. The van der Waals surface area contributed by atoms with Crippen LogP contribution in [0.2, 0.25) is 0 Å². The molecule has 3 heterocycles. The predicted octanol–water partition coefficient (Wildman–Crippen LogP) is 3.79. The molecule has 1 fully saturated rings. The SMILES string of the molecule is COc1ccnc(N2CCN(Cn3nc(-c4ccccc4)n(-c4ccc(F)cc4)c3=S)CC2)n1. The minimum Gasteiger partial charge on any atom is -0.481 e. The van der Waals surface area contributed by atoms with Crippen LogP contribution in [0.5, 0.6) is 5.88 Å². The number of nitrogens with zero attached hydrogens (tertiary/aromatic N) is 7.